The van der Waals surface area contributed by atoms with Gasteiger partial charge in [0.25, 0.3) is 0 Å². The summed E-state index contributed by atoms with van der Waals surface area (Å²) in [6.45, 7) is 4.30. The first-order valence-corrected chi connectivity index (χ1v) is 6.57. The standard InChI is InChI=1S/C15H18ClNO/c1-11(9-15-7-4-8-18-15)17-12(2)13-5-3-6-14(16)10-13/h3-8,10-12,17H,9H2,1-2H3. The van der Waals surface area contributed by atoms with Gasteiger partial charge < -0.3 is 9.73 Å². The van der Waals surface area contributed by atoms with Crippen LogP contribution in [0.4, 0.5) is 0 Å². The highest BCUT2D eigenvalue weighted by atomic mass is 35.5. The highest BCUT2D eigenvalue weighted by Crippen LogP contribution is 2.18. The SMILES string of the molecule is CC(Cc1ccco1)NC(C)c1cccc(Cl)c1. The lowest BCUT2D eigenvalue weighted by molar-refractivity contribution is 0.429. The van der Waals surface area contributed by atoms with Gasteiger partial charge >= 0.3 is 0 Å². The van der Waals surface area contributed by atoms with E-state index in [0.29, 0.717) is 6.04 Å². The minimum Gasteiger partial charge on any atom is -0.469 e. The summed E-state index contributed by atoms with van der Waals surface area (Å²) in [4.78, 5) is 0. The van der Waals surface area contributed by atoms with Gasteiger partial charge in [0, 0.05) is 23.5 Å². The second-order valence-corrected chi connectivity index (χ2v) is 5.06. The smallest absolute Gasteiger partial charge is 0.105 e. The average molecular weight is 264 g/mol. The molecular weight excluding hydrogens is 246 g/mol. The van der Waals surface area contributed by atoms with E-state index in [1.807, 2.05) is 30.3 Å². The minimum absolute atomic E-state index is 0.272. The Morgan fingerprint density at radius 2 is 2.06 bits per heavy atom. The van der Waals surface area contributed by atoms with Crippen LogP contribution in [0.1, 0.15) is 31.2 Å². The molecule has 0 amide bonds. The number of nitrogens with one attached hydrogen (secondary N) is 1. The fourth-order valence-electron chi connectivity index (χ4n) is 2.09. The van der Waals surface area contributed by atoms with Crippen molar-refractivity contribution in [1.82, 2.24) is 5.32 Å². The molecule has 2 unspecified atom stereocenters. The van der Waals surface area contributed by atoms with Crippen LogP contribution in [0.15, 0.2) is 47.1 Å². The molecule has 2 nitrogen and oxygen atoms in total. The molecule has 0 aliphatic carbocycles. The quantitative estimate of drug-likeness (QED) is 0.874. The van der Waals surface area contributed by atoms with Gasteiger partial charge in [-0.1, -0.05) is 23.7 Å². The van der Waals surface area contributed by atoms with E-state index in [9.17, 15) is 0 Å². The minimum atomic E-state index is 0.272. The Morgan fingerprint density at radius 3 is 2.72 bits per heavy atom. The summed E-state index contributed by atoms with van der Waals surface area (Å²) < 4.78 is 5.35. The van der Waals surface area contributed by atoms with Crippen LogP contribution in [0.3, 0.4) is 0 Å². The van der Waals surface area contributed by atoms with Gasteiger partial charge in [0.2, 0.25) is 0 Å². The molecule has 0 saturated heterocycles. The Kier molecular flexibility index (Phi) is 4.45. The van der Waals surface area contributed by atoms with Crippen molar-refractivity contribution in [2.24, 2.45) is 0 Å². The first kappa shape index (κ1) is 13.2. The summed E-state index contributed by atoms with van der Waals surface area (Å²) in [5, 5.41) is 4.32. The van der Waals surface area contributed by atoms with E-state index in [2.05, 4.69) is 25.2 Å². The van der Waals surface area contributed by atoms with Gasteiger partial charge in [0.15, 0.2) is 0 Å². The summed E-state index contributed by atoms with van der Waals surface area (Å²) in [7, 11) is 0. The normalized spacial score (nSPS) is 14.4. The molecule has 0 bridgehead atoms. The van der Waals surface area contributed by atoms with Crippen molar-refractivity contribution in [1.29, 1.82) is 0 Å². The molecule has 0 fully saturated rings. The van der Waals surface area contributed by atoms with E-state index in [-0.39, 0.29) is 6.04 Å². The van der Waals surface area contributed by atoms with E-state index >= 15 is 0 Å². The number of hydrogen-bond donors (Lipinski definition) is 1. The number of furan rings is 1. The monoisotopic (exact) mass is 263 g/mol. The van der Waals surface area contributed by atoms with Crippen LogP contribution < -0.4 is 5.32 Å². The third kappa shape index (κ3) is 3.62. The Morgan fingerprint density at radius 1 is 1.22 bits per heavy atom. The largest absolute Gasteiger partial charge is 0.469 e. The molecule has 0 radical (unpaired) electrons. The Balaban J connectivity index is 1.92. The molecule has 2 rings (SSSR count). The van der Waals surface area contributed by atoms with Crippen molar-refractivity contribution in [3.63, 3.8) is 0 Å². The van der Waals surface area contributed by atoms with E-state index < -0.39 is 0 Å². The average Bonchev–Trinajstić information content (AvgIpc) is 2.81. The van der Waals surface area contributed by atoms with Gasteiger partial charge in [-0.15, -0.1) is 0 Å². The first-order valence-electron chi connectivity index (χ1n) is 6.19. The lowest BCUT2D eigenvalue weighted by Gasteiger charge is -2.19. The third-order valence-corrected chi connectivity index (χ3v) is 3.21. The molecule has 0 aliphatic rings. The summed E-state index contributed by atoms with van der Waals surface area (Å²) in [6.07, 6.45) is 2.60. The fourth-order valence-corrected chi connectivity index (χ4v) is 2.29. The van der Waals surface area contributed by atoms with Gasteiger partial charge in [-0.25, -0.2) is 0 Å². The van der Waals surface area contributed by atoms with Crippen molar-refractivity contribution >= 4 is 11.6 Å². The fraction of sp³-hybridized carbons (Fsp3) is 0.333. The lowest BCUT2D eigenvalue weighted by atomic mass is 10.1. The van der Waals surface area contributed by atoms with E-state index in [1.54, 1.807) is 6.26 Å². The second-order valence-electron chi connectivity index (χ2n) is 4.63. The third-order valence-electron chi connectivity index (χ3n) is 2.97. The molecule has 1 N–H and O–H groups in total. The van der Waals surface area contributed by atoms with Crippen molar-refractivity contribution in [2.75, 3.05) is 0 Å². The second kappa shape index (κ2) is 6.07. The molecule has 96 valence electrons. The van der Waals surface area contributed by atoms with Crippen molar-refractivity contribution in [3.05, 3.63) is 59.0 Å². The lowest BCUT2D eigenvalue weighted by Crippen LogP contribution is -2.30. The van der Waals surface area contributed by atoms with Gasteiger partial charge in [-0.05, 0) is 43.7 Å². The summed E-state index contributed by atoms with van der Waals surface area (Å²) in [5.74, 6) is 1.01. The zero-order chi connectivity index (χ0) is 13.0. The summed E-state index contributed by atoms with van der Waals surface area (Å²) in [5.41, 5.74) is 1.20. The molecule has 0 aliphatic heterocycles. The van der Waals surface area contributed by atoms with E-state index in [0.717, 1.165) is 17.2 Å². The Bertz CT molecular complexity index is 481. The molecule has 1 heterocycles. The molecular formula is C15H18ClNO. The van der Waals surface area contributed by atoms with Crippen LogP contribution in [0.2, 0.25) is 5.02 Å². The summed E-state index contributed by atoms with van der Waals surface area (Å²) >= 11 is 6.00. The number of rotatable bonds is 5. The first-order chi connectivity index (χ1) is 8.65. The molecule has 3 heteroatoms. The van der Waals surface area contributed by atoms with Crippen molar-refractivity contribution in [3.8, 4) is 0 Å². The van der Waals surface area contributed by atoms with Gasteiger partial charge in [0.1, 0.15) is 5.76 Å². The maximum atomic E-state index is 6.00. The molecule has 1 aromatic heterocycles. The Labute approximate surface area is 113 Å². The maximum Gasteiger partial charge on any atom is 0.105 e. The van der Waals surface area contributed by atoms with Crippen LogP contribution in [0.25, 0.3) is 0 Å². The Hall–Kier alpha value is -1.25. The van der Waals surface area contributed by atoms with E-state index in [4.69, 9.17) is 16.0 Å². The van der Waals surface area contributed by atoms with Crippen molar-refractivity contribution in [2.45, 2.75) is 32.4 Å². The molecule has 18 heavy (non-hydrogen) atoms. The maximum absolute atomic E-state index is 6.00. The molecule has 0 spiro atoms. The number of halogens is 1. The van der Waals surface area contributed by atoms with Crippen LogP contribution in [-0.2, 0) is 6.42 Å². The van der Waals surface area contributed by atoms with Crippen LogP contribution in [0, 0.1) is 0 Å². The van der Waals surface area contributed by atoms with Gasteiger partial charge in [-0.2, -0.15) is 0 Å². The highest BCUT2D eigenvalue weighted by Gasteiger charge is 2.11. The topological polar surface area (TPSA) is 25.2 Å². The van der Waals surface area contributed by atoms with Crippen LogP contribution in [0.5, 0.6) is 0 Å². The van der Waals surface area contributed by atoms with Gasteiger partial charge in [-0.3, -0.25) is 0 Å². The van der Waals surface area contributed by atoms with Crippen LogP contribution >= 0.6 is 11.6 Å². The molecule has 0 saturated carbocycles. The van der Waals surface area contributed by atoms with Crippen molar-refractivity contribution < 1.29 is 4.42 Å². The highest BCUT2D eigenvalue weighted by molar-refractivity contribution is 6.30. The van der Waals surface area contributed by atoms with Crippen LogP contribution in [-0.4, -0.2) is 6.04 Å². The zero-order valence-electron chi connectivity index (χ0n) is 10.7. The predicted molar refractivity (Wildman–Crippen MR) is 74.9 cm³/mol. The predicted octanol–water partition coefficient (Wildman–Crippen LogP) is 4.21. The molecule has 2 atom stereocenters. The summed E-state index contributed by atoms with van der Waals surface area (Å²) in [6, 6.07) is 12.5. The molecule has 1 aromatic carbocycles. The number of benzene rings is 1. The van der Waals surface area contributed by atoms with Gasteiger partial charge in [0.05, 0.1) is 6.26 Å². The molecule has 2 aromatic rings. The van der Waals surface area contributed by atoms with E-state index in [1.165, 1.54) is 5.56 Å². The zero-order valence-corrected chi connectivity index (χ0v) is 11.4. The number of hydrogen-bond acceptors (Lipinski definition) is 2.